The summed E-state index contributed by atoms with van der Waals surface area (Å²) >= 11 is 0. The van der Waals surface area contributed by atoms with Gasteiger partial charge < -0.3 is 10.2 Å². The molecule has 0 saturated heterocycles. The molecular weight excluding hydrogens is 160 g/mol. The zero-order chi connectivity index (χ0) is 10.1. The summed E-state index contributed by atoms with van der Waals surface area (Å²) in [6.07, 6.45) is 4.48. The van der Waals surface area contributed by atoms with Crippen molar-refractivity contribution in [1.82, 2.24) is 10.2 Å². The molecule has 1 N–H and O–H groups in total. The van der Waals surface area contributed by atoms with Crippen LogP contribution in [0.3, 0.4) is 0 Å². The number of unbranched alkanes of at least 4 members (excludes halogenated alkanes) is 1. The lowest BCUT2D eigenvalue weighted by molar-refractivity contribution is 0.357. The molecule has 0 bridgehead atoms. The molecule has 13 heavy (non-hydrogen) atoms. The zero-order valence-electron chi connectivity index (χ0n) is 9.34. The van der Waals surface area contributed by atoms with E-state index in [2.05, 4.69) is 37.7 Å². The molecule has 0 aromatic carbocycles. The highest BCUT2D eigenvalue weighted by molar-refractivity contribution is 4.70. The second-order valence-corrected chi connectivity index (χ2v) is 3.87. The van der Waals surface area contributed by atoms with Gasteiger partial charge in [0.1, 0.15) is 0 Å². The van der Waals surface area contributed by atoms with Crippen molar-refractivity contribution in [1.29, 1.82) is 0 Å². The number of rotatable bonds is 8. The van der Waals surface area contributed by atoms with Gasteiger partial charge in [-0.15, -0.1) is 6.58 Å². The largest absolute Gasteiger partial charge is 0.315 e. The minimum atomic E-state index is 0.617. The fourth-order valence-corrected chi connectivity index (χ4v) is 1.21. The smallest absolute Gasteiger partial charge is 0.0157 e. The zero-order valence-corrected chi connectivity index (χ0v) is 9.34. The third kappa shape index (κ3) is 9.57. The fourth-order valence-electron chi connectivity index (χ4n) is 1.21. The summed E-state index contributed by atoms with van der Waals surface area (Å²) in [5.41, 5.74) is 0. The van der Waals surface area contributed by atoms with Crippen LogP contribution in [0.25, 0.3) is 0 Å². The van der Waals surface area contributed by atoms with Crippen LogP contribution in [0.2, 0.25) is 0 Å². The van der Waals surface area contributed by atoms with Gasteiger partial charge in [-0.25, -0.2) is 0 Å². The van der Waals surface area contributed by atoms with Gasteiger partial charge in [0.15, 0.2) is 0 Å². The summed E-state index contributed by atoms with van der Waals surface area (Å²) in [6.45, 7) is 11.4. The number of likely N-dealkylation sites (N-methyl/N-ethyl adjacent to an activating group) is 1. The molecule has 0 saturated carbocycles. The van der Waals surface area contributed by atoms with E-state index in [0.717, 1.165) is 13.1 Å². The van der Waals surface area contributed by atoms with E-state index in [9.17, 15) is 0 Å². The van der Waals surface area contributed by atoms with Crippen LogP contribution in [0, 0.1) is 0 Å². The highest BCUT2D eigenvalue weighted by Crippen LogP contribution is 1.92. The summed E-state index contributed by atoms with van der Waals surface area (Å²) in [5, 5.41) is 3.41. The van der Waals surface area contributed by atoms with Crippen molar-refractivity contribution in [2.45, 2.75) is 32.7 Å². The van der Waals surface area contributed by atoms with Crippen LogP contribution in [-0.2, 0) is 0 Å². The highest BCUT2D eigenvalue weighted by Gasteiger charge is 1.95. The maximum absolute atomic E-state index is 3.71. The van der Waals surface area contributed by atoms with Crippen LogP contribution >= 0.6 is 0 Å². The molecule has 0 atom stereocenters. The summed E-state index contributed by atoms with van der Waals surface area (Å²) in [6, 6.07) is 0.617. The third-order valence-electron chi connectivity index (χ3n) is 1.96. The van der Waals surface area contributed by atoms with Crippen LogP contribution in [0.1, 0.15) is 26.7 Å². The lowest BCUT2D eigenvalue weighted by atomic mass is 10.2. The topological polar surface area (TPSA) is 15.3 Å². The van der Waals surface area contributed by atoms with Gasteiger partial charge >= 0.3 is 0 Å². The van der Waals surface area contributed by atoms with Gasteiger partial charge in [-0.2, -0.15) is 0 Å². The first-order valence-electron chi connectivity index (χ1n) is 5.19. The maximum atomic E-state index is 3.71. The predicted molar refractivity (Wildman–Crippen MR) is 60.1 cm³/mol. The molecule has 0 aromatic rings. The van der Waals surface area contributed by atoms with E-state index in [1.54, 1.807) is 0 Å². The van der Waals surface area contributed by atoms with Gasteiger partial charge in [0, 0.05) is 12.6 Å². The fraction of sp³-hybridized carbons (Fsp3) is 0.818. The van der Waals surface area contributed by atoms with Gasteiger partial charge in [-0.1, -0.05) is 19.9 Å². The molecule has 0 rings (SSSR count). The Labute approximate surface area is 83.0 Å². The molecule has 0 radical (unpaired) electrons. The van der Waals surface area contributed by atoms with Crippen LogP contribution in [0.4, 0.5) is 0 Å². The molecule has 0 spiro atoms. The average molecular weight is 184 g/mol. The van der Waals surface area contributed by atoms with E-state index < -0.39 is 0 Å². The van der Waals surface area contributed by atoms with Gasteiger partial charge in [0.05, 0.1) is 0 Å². The monoisotopic (exact) mass is 184 g/mol. The Balaban J connectivity index is 3.11. The second kappa shape index (κ2) is 8.27. The molecule has 0 aromatic heterocycles. The average Bonchev–Trinajstić information content (AvgIpc) is 2.03. The van der Waals surface area contributed by atoms with Crippen LogP contribution in [-0.4, -0.2) is 37.6 Å². The Bertz CT molecular complexity index is 121. The van der Waals surface area contributed by atoms with E-state index in [4.69, 9.17) is 0 Å². The van der Waals surface area contributed by atoms with Crippen molar-refractivity contribution in [2.24, 2.45) is 0 Å². The first-order chi connectivity index (χ1) is 6.16. The van der Waals surface area contributed by atoms with Gasteiger partial charge in [-0.05, 0) is 33.0 Å². The normalized spacial score (nSPS) is 11.2. The quantitative estimate of drug-likeness (QED) is 0.458. The van der Waals surface area contributed by atoms with Gasteiger partial charge in [-0.3, -0.25) is 0 Å². The van der Waals surface area contributed by atoms with Crippen molar-refractivity contribution in [2.75, 3.05) is 26.7 Å². The predicted octanol–water partition coefficient (Wildman–Crippen LogP) is 1.88. The van der Waals surface area contributed by atoms with Crippen molar-refractivity contribution in [3.8, 4) is 0 Å². The van der Waals surface area contributed by atoms with Crippen molar-refractivity contribution in [3.63, 3.8) is 0 Å². The molecule has 0 amide bonds. The Morgan fingerprint density at radius 2 is 2.08 bits per heavy atom. The standard InChI is InChI=1S/C11H24N2/c1-5-9-13(4)10-7-6-8-12-11(2)3/h5,11-12H,1,6-10H2,2-4H3. The van der Waals surface area contributed by atoms with Gasteiger partial charge in [0.25, 0.3) is 0 Å². The molecule has 0 aliphatic rings. The van der Waals surface area contributed by atoms with E-state index in [1.807, 2.05) is 6.08 Å². The lowest BCUT2D eigenvalue weighted by Gasteiger charge is -2.14. The first kappa shape index (κ1) is 12.7. The van der Waals surface area contributed by atoms with Gasteiger partial charge in [0.2, 0.25) is 0 Å². The Hall–Kier alpha value is -0.340. The minimum Gasteiger partial charge on any atom is -0.315 e. The third-order valence-corrected chi connectivity index (χ3v) is 1.96. The Kier molecular flexibility index (Phi) is 8.05. The highest BCUT2D eigenvalue weighted by atomic mass is 15.1. The molecule has 0 aliphatic heterocycles. The van der Waals surface area contributed by atoms with Crippen molar-refractivity contribution in [3.05, 3.63) is 12.7 Å². The van der Waals surface area contributed by atoms with Crippen LogP contribution in [0.5, 0.6) is 0 Å². The summed E-state index contributed by atoms with van der Waals surface area (Å²) in [4.78, 5) is 2.29. The summed E-state index contributed by atoms with van der Waals surface area (Å²) < 4.78 is 0. The molecule has 0 unspecified atom stereocenters. The minimum absolute atomic E-state index is 0.617. The summed E-state index contributed by atoms with van der Waals surface area (Å²) in [7, 11) is 2.14. The van der Waals surface area contributed by atoms with Crippen LogP contribution in [0.15, 0.2) is 12.7 Å². The SMILES string of the molecule is C=CCN(C)CCCCNC(C)C. The number of hydrogen-bond acceptors (Lipinski definition) is 2. The summed E-state index contributed by atoms with van der Waals surface area (Å²) in [5.74, 6) is 0. The molecule has 78 valence electrons. The Morgan fingerprint density at radius 1 is 1.38 bits per heavy atom. The molecule has 0 aliphatic carbocycles. The number of hydrogen-bond donors (Lipinski definition) is 1. The number of nitrogens with zero attached hydrogens (tertiary/aromatic N) is 1. The van der Waals surface area contributed by atoms with E-state index in [0.29, 0.717) is 6.04 Å². The van der Waals surface area contributed by atoms with Crippen molar-refractivity contribution >= 4 is 0 Å². The van der Waals surface area contributed by atoms with E-state index in [-0.39, 0.29) is 0 Å². The molecule has 2 heteroatoms. The maximum Gasteiger partial charge on any atom is 0.0157 e. The first-order valence-corrected chi connectivity index (χ1v) is 5.19. The molecule has 2 nitrogen and oxygen atoms in total. The Morgan fingerprint density at radius 3 is 2.62 bits per heavy atom. The molecule has 0 fully saturated rings. The number of nitrogens with one attached hydrogen (secondary N) is 1. The van der Waals surface area contributed by atoms with E-state index in [1.165, 1.54) is 19.4 Å². The van der Waals surface area contributed by atoms with Crippen LogP contribution < -0.4 is 5.32 Å². The molecule has 0 heterocycles. The lowest BCUT2D eigenvalue weighted by Crippen LogP contribution is -2.25. The van der Waals surface area contributed by atoms with Crippen molar-refractivity contribution < 1.29 is 0 Å². The van der Waals surface area contributed by atoms with E-state index >= 15 is 0 Å². The molecular formula is C11H24N2. The second-order valence-electron chi connectivity index (χ2n) is 3.87.